The first-order valence-corrected chi connectivity index (χ1v) is 13.4. The zero-order valence-electron chi connectivity index (χ0n) is 22.2. The van der Waals surface area contributed by atoms with Gasteiger partial charge < -0.3 is 24.8 Å². The van der Waals surface area contributed by atoms with Crippen LogP contribution in [0.3, 0.4) is 0 Å². The zero-order valence-corrected chi connectivity index (χ0v) is 23.7. The van der Waals surface area contributed by atoms with Crippen LogP contribution in [0.25, 0.3) is 0 Å². The number of nitrogens with one attached hydrogen (secondary N) is 1. The molecule has 0 amide bonds. The number of piperidine rings is 1. The van der Waals surface area contributed by atoms with Gasteiger partial charge in [0.25, 0.3) is 0 Å². The molecule has 10 heteroatoms. The second-order valence-electron chi connectivity index (χ2n) is 9.63. The molecule has 39 heavy (non-hydrogen) atoms. The van der Waals surface area contributed by atoms with Crippen LogP contribution in [0.15, 0.2) is 51.8 Å². The number of nitrogens with two attached hydrogens (primary N) is 1. The van der Waals surface area contributed by atoms with Gasteiger partial charge >= 0.3 is 0 Å². The Morgan fingerprint density at radius 1 is 1.23 bits per heavy atom. The lowest BCUT2D eigenvalue weighted by atomic mass is 9.95. The highest BCUT2D eigenvalue weighted by Crippen LogP contribution is 2.40. The number of anilines is 1. The number of hydrogen-bond donors (Lipinski definition) is 2. The number of nitriles is 1. The molecule has 0 bridgehead atoms. The van der Waals surface area contributed by atoms with Crippen molar-refractivity contribution in [2.24, 2.45) is 0 Å². The largest absolute Gasteiger partial charge is 0.489 e. The molecule has 1 fully saturated rings. The lowest BCUT2D eigenvalue weighted by Crippen LogP contribution is -2.51. The zero-order chi connectivity index (χ0) is 28.3. The molecule has 3 N–H and O–H groups in total. The molecule has 0 radical (unpaired) electrons. The van der Waals surface area contributed by atoms with Crippen LogP contribution in [-0.2, 0) is 11.3 Å². The normalized spacial score (nSPS) is 17.9. The van der Waals surface area contributed by atoms with Crippen LogP contribution in [0.2, 0.25) is 0 Å². The smallest absolute Gasteiger partial charge is 0.213 e. The molecule has 0 unspecified atom stereocenters. The summed E-state index contributed by atoms with van der Waals surface area (Å²) in [7, 11) is 0. The summed E-state index contributed by atoms with van der Waals surface area (Å²) in [5.74, 6) is -0.394. The van der Waals surface area contributed by atoms with Crippen LogP contribution in [0.5, 0.6) is 11.5 Å². The van der Waals surface area contributed by atoms with E-state index in [0.29, 0.717) is 50.0 Å². The summed E-state index contributed by atoms with van der Waals surface area (Å²) in [5.41, 5.74) is 8.96. The Balaban J connectivity index is 1.58. The van der Waals surface area contributed by atoms with Crippen molar-refractivity contribution in [1.82, 2.24) is 4.90 Å². The molecule has 7 nitrogen and oxygen atoms in total. The molecule has 4 rings (SSSR count). The Morgan fingerprint density at radius 2 is 1.95 bits per heavy atom. The first-order valence-electron chi connectivity index (χ1n) is 12.7. The molecule has 0 atom stereocenters. The van der Waals surface area contributed by atoms with Gasteiger partial charge in [-0.3, -0.25) is 5.41 Å². The first-order chi connectivity index (χ1) is 18.6. The standard InChI is InChI=1S/C29H31Cl2FN4O3/c1-4-36-9-7-29(8-10-36)38-15-21-12-19(11-20(14-33)28(21)39-29)27(35)23-13-22(5-6-25(23)34)37-16-24(17(2)30)26(31)18(3)32/h5-6,11-13,35H,4,7-10,15-16,34H2,1-3H3/b24-17+,26-18-,35-27?. The minimum atomic E-state index is -0.733. The summed E-state index contributed by atoms with van der Waals surface area (Å²) in [6, 6.07) is 10.5. The fraction of sp³-hybridized carbons (Fsp3) is 0.379. The van der Waals surface area contributed by atoms with Gasteiger partial charge in [-0.2, -0.15) is 5.26 Å². The maximum Gasteiger partial charge on any atom is 0.213 e. The van der Waals surface area contributed by atoms with Crippen molar-refractivity contribution in [3.63, 3.8) is 0 Å². The second-order valence-corrected chi connectivity index (χ2v) is 10.6. The quantitative estimate of drug-likeness (QED) is 0.220. The molecular formula is C29H31Cl2FN4O3. The minimum absolute atomic E-state index is 0.0734. The van der Waals surface area contributed by atoms with Crippen LogP contribution in [-0.4, -0.2) is 42.6 Å². The maximum atomic E-state index is 13.7. The number of ether oxygens (including phenoxy) is 3. The van der Waals surface area contributed by atoms with Gasteiger partial charge in [-0.1, -0.05) is 30.1 Å². The third-order valence-electron chi connectivity index (χ3n) is 7.08. The van der Waals surface area contributed by atoms with E-state index in [4.69, 9.17) is 48.6 Å². The number of nitrogen functional groups attached to an aromatic ring is 1. The summed E-state index contributed by atoms with van der Waals surface area (Å²) < 4.78 is 32.0. The molecular weight excluding hydrogens is 542 g/mol. The van der Waals surface area contributed by atoms with Crippen LogP contribution < -0.4 is 15.2 Å². The van der Waals surface area contributed by atoms with Crippen LogP contribution in [0.4, 0.5) is 10.1 Å². The molecule has 1 spiro atoms. The van der Waals surface area contributed by atoms with E-state index >= 15 is 0 Å². The molecule has 2 heterocycles. The Kier molecular flexibility index (Phi) is 8.87. The molecule has 0 aliphatic carbocycles. The van der Waals surface area contributed by atoms with Crippen molar-refractivity contribution in [3.8, 4) is 17.6 Å². The second kappa shape index (κ2) is 12.0. The number of likely N-dealkylation sites (tertiary alicyclic amines) is 1. The highest BCUT2D eigenvalue weighted by Gasteiger charge is 2.41. The molecule has 1 saturated heterocycles. The fourth-order valence-electron chi connectivity index (χ4n) is 4.70. The Hall–Kier alpha value is -3.09. The predicted octanol–water partition coefficient (Wildman–Crippen LogP) is 6.61. The Morgan fingerprint density at radius 3 is 2.56 bits per heavy atom. The van der Waals surface area contributed by atoms with Crippen molar-refractivity contribution in [3.05, 3.63) is 74.1 Å². The lowest BCUT2D eigenvalue weighted by Gasteiger charge is -2.44. The van der Waals surface area contributed by atoms with Gasteiger partial charge in [0.05, 0.1) is 22.9 Å². The van der Waals surface area contributed by atoms with Crippen molar-refractivity contribution >= 4 is 34.6 Å². The van der Waals surface area contributed by atoms with E-state index in [1.165, 1.54) is 6.92 Å². The van der Waals surface area contributed by atoms with Gasteiger partial charge in [0.1, 0.15) is 30.0 Å². The van der Waals surface area contributed by atoms with Gasteiger partial charge in [-0.05, 0) is 50.7 Å². The molecule has 0 aromatic heterocycles. The van der Waals surface area contributed by atoms with Crippen LogP contribution >= 0.6 is 23.2 Å². The van der Waals surface area contributed by atoms with Gasteiger partial charge in [-0.25, -0.2) is 4.39 Å². The SMILES string of the molecule is CCN1CCC2(CC1)OCc1cc(C(=N)c3cc(OCC(/C(Cl)=C(\C)F)=C(/C)Cl)ccc3N)cc(C#N)c1O2. The van der Waals surface area contributed by atoms with E-state index in [0.717, 1.165) is 32.5 Å². The average molecular weight is 573 g/mol. The highest BCUT2D eigenvalue weighted by atomic mass is 35.5. The van der Waals surface area contributed by atoms with Crippen molar-refractivity contribution < 1.29 is 18.6 Å². The molecule has 2 aliphatic heterocycles. The van der Waals surface area contributed by atoms with E-state index in [-0.39, 0.29) is 24.0 Å². The van der Waals surface area contributed by atoms with Crippen LogP contribution in [0.1, 0.15) is 55.9 Å². The van der Waals surface area contributed by atoms with E-state index in [9.17, 15) is 9.65 Å². The number of halogens is 3. The summed E-state index contributed by atoms with van der Waals surface area (Å²) in [6.45, 7) is 7.89. The summed E-state index contributed by atoms with van der Waals surface area (Å²) in [4.78, 5) is 2.34. The van der Waals surface area contributed by atoms with E-state index < -0.39 is 11.6 Å². The summed E-state index contributed by atoms with van der Waals surface area (Å²) in [5, 5.41) is 19.0. The lowest BCUT2D eigenvalue weighted by molar-refractivity contribution is -0.228. The van der Waals surface area contributed by atoms with E-state index in [1.807, 2.05) is 0 Å². The number of hydrogen-bond acceptors (Lipinski definition) is 7. The van der Waals surface area contributed by atoms with Gasteiger partial charge in [0.15, 0.2) is 0 Å². The van der Waals surface area contributed by atoms with Crippen LogP contribution in [0, 0.1) is 16.7 Å². The number of benzene rings is 2. The molecule has 2 aromatic carbocycles. The third kappa shape index (κ3) is 6.23. The predicted molar refractivity (Wildman–Crippen MR) is 151 cm³/mol. The molecule has 0 saturated carbocycles. The molecule has 2 aliphatic rings. The van der Waals surface area contributed by atoms with Crippen molar-refractivity contribution in [1.29, 1.82) is 10.7 Å². The minimum Gasteiger partial charge on any atom is -0.489 e. The fourth-order valence-corrected chi connectivity index (χ4v) is 5.09. The Labute approximate surface area is 238 Å². The molecule has 2 aromatic rings. The highest BCUT2D eigenvalue weighted by molar-refractivity contribution is 6.35. The monoisotopic (exact) mass is 572 g/mol. The van der Waals surface area contributed by atoms with Crippen molar-refractivity contribution in [2.45, 2.75) is 46.0 Å². The van der Waals surface area contributed by atoms with E-state index in [1.54, 1.807) is 37.3 Å². The van der Waals surface area contributed by atoms with Gasteiger partial charge in [-0.15, -0.1) is 0 Å². The topological polar surface area (TPSA) is 105 Å². The number of rotatable bonds is 7. The number of allylic oxidation sites excluding steroid dienone is 2. The Bertz CT molecular complexity index is 1380. The summed E-state index contributed by atoms with van der Waals surface area (Å²) in [6.07, 6.45) is 1.44. The molecule has 206 valence electrons. The average Bonchev–Trinajstić information content (AvgIpc) is 2.93. The van der Waals surface area contributed by atoms with E-state index in [2.05, 4.69) is 17.9 Å². The third-order valence-corrected chi connectivity index (χ3v) is 7.80. The van der Waals surface area contributed by atoms with Gasteiger partial charge in [0.2, 0.25) is 5.79 Å². The first kappa shape index (κ1) is 28.9. The van der Waals surface area contributed by atoms with Gasteiger partial charge in [0, 0.05) is 58.9 Å². The summed E-state index contributed by atoms with van der Waals surface area (Å²) >= 11 is 12.2. The van der Waals surface area contributed by atoms with Crippen molar-refractivity contribution in [2.75, 3.05) is 32.0 Å². The maximum absolute atomic E-state index is 13.7. The number of nitrogens with zero attached hydrogens (tertiary/aromatic N) is 2. The number of fused-ring (bicyclic) bond motifs is 1.